The van der Waals surface area contributed by atoms with Gasteiger partial charge in [-0.2, -0.15) is 0 Å². The number of aromatic nitrogens is 2. The lowest BCUT2D eigenvalue weighted by Crippen LogP contribution is -2.48. The largest absolute Gasteiger partial charge is 0.381 e. The number of nitrogens with one attached hydrogen (secondary N) is 1. The first kappa shape index (κ1) is 17.8. The molecule has 0 aliphatic carbocycles. The minimum Gasteiger partial charge on any atom is -0.381 e. The van der Waals surface area contributed by atoms with Crippen LogP contribution in [0.3, 0.4) is 0 Å². The summed E-state index contributed by atoms with van der Waals surface area (Å²) < 4.78 is 7.45. The zero-order valence-corrected chi connectivity index (χ0v) is 15.3. The summed E-state index contributed by atoms with van der Waals surface area (Å²) in [4.78, 5) is 19.3. The second-order valence-electron chi connectivity index (χ2n) is 6.64. The predicted molar refractivity (Wildman–Crippen MR) is 95.1 cm³/mol. The van der Waals surface area contributed by atoms with E-state index in [0.717, 1.165) is 62.9 Å². The molecule has 7 heteroatoms. The van der Waals surface area contributed by atoms with E-state index >= 15 is 0 Å². The Morgan fingerprint density at radius 2 is 2.25 bits per heavy atom. The molecule has 0 spiro atoms. The first-order valence-electron chi connectivity index (χ1n) is 8.93. The number of aryl methyl sites for hydroxylation is 1. The Morgan fingerprint density at radius 3 is 3.00 bits per heavy atom. The van der Waals surface area contributed by atoms with Crippen LogP contribution in [0.15, 0.2) is 17.6 Å². The Bertz CT molecular complexity index is 530. The van der Waals surface area contributed by atoms with E-state index in [9.17, 15) is 4.79 Å². The van der Waals surface area contributed by atoms with Crippen LogP contribution in [-0.2, 0) is 16.6 Å². The smallest absolute Gasteiger partial charge is 0.224 e. The molecule has 24 heavy (non-hydrogen) atoms. The van der Waals surface area contributed by atoms with Crippen LogP contribution >= 0.6 is 11.8 Å². The van der Waals surface area contributed by atoms with Crippen LogP contribution in [0, 0.1) is 5.92 Å². The summed E-state index contributed by atoms with van der Waals surface area (Å²) in [6.07, 6.45) is 8.08. The Hall–Kier alpha value is -1.05. The standard InChI is InChI=1S/C17H28N4O2S/c1-20-9-6-19-17(20)24-12-7-18-16(22)14-3-2-8-21(13-14)15-4-10-23-11-5-15/h6,9,14-15H,2-5,7-8,10-13H2,1H3,(H,18,22). The average molecular weight is 353 g/mol. The second-order valence-corrected chi connectivity index (χ2v) is 7.70. The molecule has 3 heterocycles. The number of hydrogen-bond acceptors (Lipinski definition) is 5. The van der Waals surface area contributed by atoms with Crippen LogP contribution in [0.2, 0.25) is 0 Å². The molecule has 1 amide bonds. The van der Waals surface area contributed by atoms with Crippen LogP contribution in [0.4, 0.5) is 0 Å². The number of nitrogens with zero attached hydrogens (tertiary/aromatic N) is 3. The highest BCUT2D eigenvalue weighted by Crippen LogP contribution is 2.23. The van der Waals surface area contributed by atoms with Crippen molar-refractivity contribution >= 4 is 17.7 Å². The molecule has 2 saturated heterocycles. The van der Waals surface area contributed by atoms with Gasteiger partial charge in [-0.3, -0.25) is 9.69 Å². The molecule has 3 rings (SSSR count). The maximum absolute atomic E-state index is 12.5. The molecule has 1 aromatic heterocycles. The van der Waals surface area contributed by atoms with E-state index < -0.39 is 0 Å². The van der Waals surface area contributed by atoms with Crippen molar-refractivity contribution in [2.45, 2.75) is 36.9 Å². The van der Waals surface area contributed by atoms with Gasteiger partial charge in [0.15, 0.2) is 5.16 Å². The van der Waals surface area contributed by atoms with Gasteiger partial charge in [-0.15, -0.1) is 0 Å². The predicted octanol–water partition coefficient (Wildman–Crippen LogP) is 1.52. The Labute approximate surface area is 148 Å². The van der Waals surface area contributed by atoms with Gasteiger partial charge in [-0.05, 0) is 32.2 Å². The Morgan fingerprint density at radius 1 is 1.42 bits per heavy atom. The molecule has 2 fully saturated rings. The highest BCUT2D eigenvalue weighted by Gasteiger charge is 2.30. The monoisotopic (exact) mass is 352 g/mol. The summed E-state index contributed by atoms with van der Waals surface area (Å²) in [6, 6.07) is 0.605. The van der Waals surface area contributed by atoms with Gasteiger partial charge in [0, 0.05) is 57.5 Å². The van der Waals surface area contributed by atoms with Crippen molar-refractivity contribution < 1.29 is 9.53 Å². The van der Waals surface area contributed by atoms with E-state index in [1.165, 1.54) is 0 Å². The van der Waals surface area contributed by atoms with Crippen LogP contribution in [-0.4, -0.2) is 65.0 Å². The summed E-state index contributed by atoms with van der Waals surface area (Å²) in [5.41, 5.74) is 0. The Balaban J connectivity index is 1.38. The number of hydrogen-bond donors (Lipinski definition) is 1. The normalized spacial score (nSPS) is 23.3. The van der Waals surface area contributed by atoms with Crippen LogP contribution in [0.1, 0.15) is 25.7 Å². The molecular weight excluding hydrogens is 324 g/mol. The fourth-order valence-corrected chi connectivity index (χ4v) is 4.34. The van der Waals surface area contributed by atoms with Gasteiger partial charge in [0.25, 0.3) is 0 Å². The molecule has 0 radical (unpaired) electrons. The number of imidazole rings is 1. The summed E-state index contributed by atoms with van der Waals surface area (Å²) >= 11 is 1.68. The van der Waals surface area contributed by atoms with E-state index in [2.05, 4.69) is 15.2 Å². The third kappa shape index (κ3) is 4.74. The van der Waals surface area contributed by atoms with Crippen LogP contribution < -0.4 is 5.32 Å². The molecule has 2 aliphatic heterocycles. The molecule has 2 aliphatic rings. The van der Waals surface area contributed by atoms with E-state index in [4.69, 9.17) is 4.74 Å². The molecular formula is C17H28N4O2S. The van der Waals surface area contributed by atoms with E-state index in [1.54, 1.807) is 18.0 Å². The topological polar surface area (TPSA) is 59.4 Å². The van der Waals surface area contributed by atoms with Gasteiger partial charge in [0.2, 0.25) is 5.91 Å². The number of carbonyl (C=O) groups excluding carboxylic acids is 1. The highest BCUT2D eigenvalue weighted by molar-refractivity contribution is 7.99. The van der Waals surface area contributed by atoms with Gasteiger partial charge in [0.05, 0.1) is 5.92 Å². The lowest BCUT2D eigenvalue weighted by atomic mass is 9.94. The lowest BCUT2D eigenvalue weighted by Gasteiger charge is -2.39. The van der Waals surface area contributed by atoms with Crippen molar-refractivity contribution in [2.75, 3.05) is 38.6 Å². The molecule has 0 saturated carbocycles. The molecule has 1 aromatic rings. The fraction of sp³-hybridized carbons (Fsp3) is 0.765. The number of ether oxygens (including phenoxy) is 1. The number of likely N-dealkylation sites (tertiary alicyclic amines) is 1. The first-order valence-corrected chi connectivity index (χ1v) is 9.92. The second kappa shape index (κ2) is 8.87. The number of rotatable bonds is 6. The average Bonchev–Trinajstić information content (AvgIpc) is 3.04. The van der Waals surface area contributed by atoms with Crippen molar-refractivity contribution in [1.82, 2.24) is 19.8 Å². The van der Waals surface area contributed by atoms with E-state index in [-0.39, 0.29) is 11.8 Å². The maximum Gasteiger partial charge on any atom is 0.224 e. The van der Waals surface area contributed by atoms with E-state index in [1.807, 2.05) is 17.8 Å². The molecule has 134 valence electrons. The third-order valence-electron chi connectivity index (χ3n) is 4.94. The summed E-state index contributed by atoms with van der Waals surface area (Å²) in [5.74, 6) is 1.21. The summed E-state index contributed by atoms with van der Waals surface area (Å²) in [7, 11) is 1.99. The van der Waals surface area contributed by atoms with Crippen molar-refractivity contribution in [2.24, 2.45) is 13.0 Å². The minimum absolute atomic E-state index is 0.139. The molecule has 0 bridgehead atoms. The van der Waals surface area contributed by atoms with Gasteiger partial charge in [0.1, 0.15) is 0 Å². The molecule has 1 unspecified atom stereocenters. The van der Waals surface area contributed by atoms with Crippen molar-refractivity contribution in [3.8, 4) is 0 Å². The summed E-state index contributed by atoms with van der Waals surface area (Å²) in [6.45, 7) is 4.46. The summed E-state index contributed by atoms with van der Waals surface area (Å²) in [5, 5.41) is 4.10. The SMILES string of the molecule is Cn1ccnc1SCCNC(=O)C1CCCN(C2CCOCC2)C1. The van der Waals surface area contributed by atoms with Gasteiger partial charge >= 0.3 is 0 Å². The quantitative estimate of drug-likeness (QED) is 0.621. The van der Waals surface area contributed by atoms with Crippen molar-refractivity contribution in [3.63, 3.8) is 0 Å². The van der Waals surface area contributed by atoms with Gasteiger partial charge in [-0.25, -0.2) is 4.98 Å². The zero-order valence-electron chi connectivity index (χ0n) is 14.4. The van der Waals surface area contributed by atoms with Crippen molar-refractivity contribution in [1.29, 1.82) is 0 Å². The number of carbonyl (C=O) groups is 1. The van der Waals surface area contributed by atoms with Gasteiger partial charge in [-0.1, -0.05) is 11.8 Å². The maximum atomic E-state index is 12.5. The van der Waals surface area contributed by atoms with Crippen molar-refractivity contribution in [3.05, 3.63) is 12.4 Å². The molecule has 6 nitrogen and oxygen atoms in total. The highest BCUT2D eigenvalue weighted by atomic mass is 32.2. The fourth-order valence-electron chi connectivity index (χ4n) is 3.55. The minimum atomic E-state index is 0.139. The Kier molecular flexibility index (Phi) is 6.57. The van der Waals surface area contributed by atoms with E-state index in [0.29, 0.717) is 12.6 Å². The third-order valence-corrected chi connectivity index (χ3v) is 6.00. The lowest BCUT2D eigenvalue weighted by molar-refractivity contribution is -0.127. The number of thioether (sulfide) groups is 1. The zero-order chi connectivity index (χ0) is 16.8. The van der Waals surface area contributed by atoms with Crippen LogP contribution in [0.5, 0.6) is 0 Å². The molecule has 0 aromatic carbocycles. The molecule has 1 N–H and O–H groups in total. The first-order chi connectivity index (χ1) is 11.7. The van der Waals surface area contributed by atoms with Gasteiger partial charge < -0.3 is 14.6 Å². The molecule has 1 atom stereocenters. The van der Waals surface area contributed by atoms with Crippen LogP contribution in [0.25, 0.3) is 0 Å². The number of amides is 1. The number of piperidine rings is 1.